The van der Waals surface area contributed by atoms with Crippen molar-refractivity contribution in [1.29, 1.82) is 0 Å². The molecule has 0 aliphatic carbocycles. The number of benzene rings is 1. The van der Waals surface area contributed by atoms with Crippen LogP contribution in [0.15, 0.2) is 18.2 Å². The summed E-state index contributed by atoms with van der Waals surface area (Å²) >= 11 is 0. The zero-order valence-corrected chi connectivity index (χ0v) is 11.2. The summed E-state index contributed by atoms with van der Waals surface area (Å²) < 4.78 is 10.9. The summed E-state index contributed by atoms with van der Waals surface area (Å²) in [5.74, 6) is 0.714. The Morgan fingerprint density at radius 3 is 2.68 bits per heavy atom. The number of hydrogen-bond donors (Lipinski definition) is 2. The fourth-order valence-corrected chi connectivity index (χ4v) is 1.79. The number of ether oxygens (including phenoxy) is 2. The smallest absolute Gasteiger partial charge is 0.310 e. The summed E-state index contributed by atoms with van der Waals surface area (Å²) in [5.41, 5.74) is 0.277. The lowest BCUT2D eigenvalue weighted by Crippen LogP contribution is -2.35. The molecule has 0 atom stereocenters. The minimum atomic E-state index is -0.804. The van der Waals surface area contributed by atoms with E-state index in [1.165, 1.54) is 0 Å². The molecule has 1 aromatic carbocycles. The molecule has 1 aromatic rings. The molecule has 5 heteroatoms. The number of hydrogen-bond acceptors (Lipinski definition) is 4. The molecule has 2 rings (SSSR count). The molecule has 5 nitrogen and oxygen atoms in total. The van der Waals surface area contributed by atoms with Crippen LogP contribution in [0, 0.1) is 5.41 Å². The molecule has 0 saturated heterocycles. The van der Waals surface area contributed by atoms with Crippen LogP contribution in [-0.4, -0.2) is 30.8 Å². The Labute approximate surface area is 112 Å². The summed E-state index contributed by atoms with van der Waals surface area (Å²) in [6, 6.07) is 5.76. The largest absolute Gasteiger partial charge is 0.486 e. The number of nitrogens with one attached hydrogen (secondary N) is 1. The van der Waals surface area contributed by atoms with Gasteiger partial charge in [-0.15, -0.1) is 0 Å². The van der Waals surface area contributed by atoms with Crippen LogP contribution < -0.4 is 14.8 Å². The Kier molecular flexibility index (Phi) is 3.95. The van der Waals surface area contributed by atoms with Crippen molar-refractivity contribution in [2.75, 3.05) is 19.8 Å². The van der Waals surface area contributed by atoms with Crippen molar-refractivity contribution in [2.45, 2.75) is 20.4 Å². The van der Waals surface area contributed by atoms with Gasteiger partial charge in [0, 0.05) is 13.1 Å². The number of carbonyl (C=O) groups is 1. The van der Waals surface area contributed by atoms with Crippen molar-refractivity contribution < 1.29 is 19.4 Å². The summed E-state index contributed by atoms with van der Waals surface area (Å²) in [5, 5.41) is 12.2. The molecular formula is C14H19NO4. The highest BCUT2D eigenvalue weighted by atomic mass is 16.6. The average Bonchev–Trinajstić information content (AvgIpc) is 2.38. The quantitative estimate of drug-likeness (QED) is 0.847. The lowest BCUT2D eigenvalue weighted by atomic mass is 9.94. The Morgan fingerprint density at radius 1 is 1.32 bits per heavy atom. The lowest BCUT2D eigenvalue weighted by Gasteiger charge is -2.21. The normalized spacial score (nSPS) is 14.2. The molecule has 0 spiro atoms. The van der Waals surface area contributed by atoms with E-state index in [2.05, 4.69) is 5.32 Å². The van der Waals surface area contributed by atoms with Gasteiger partial charge in [-0.2, -0.15) is 0 Å². The molecule has 0 saturated carbocycles. The minimum absolute atomic E-state index is 0.413. The molecule has 0 radical (unpaired) electrons. The van der Waals surface area contributed by atoms with Gasteiger partial charge in [-0.05, 0) is 31.5 Å². The van der Waals surface area contributed by atoms with Gasteiger partial charge in [0.25, 0.3) is 0 Å². The highest BCUT2D eigenvalue weighted by molar-refractivity contribution is 5.73. The van der Waals surface area contributed by atoms with Gasteiger partial charge in [0.15, 0.2) is 11.5 Å². The van der Waals surface area contributed by atoms with E-state index in [0.717, 1.165) is 17.1 Å². The van der Waals surface area contributed by atoms with Crippen molar-refractivity contribution in [3.63, 3.8) is 0 Å². The number of carboxylic acids is 1. The van der Waals surface area contributed by atoms with Gasteiger partial charge in [0.2, 0.25) is 0 Å². The second-order valence-electron chi connectivity index (χ2n) is 5.27. The van der Waals surface area contributed by atoms with Gasteiger partial charge < -0.3 is 19.9 Å². The van der Waals surface area contributed by atoms with Gasteiger partial charge in [0.1, 0.15) is 13.2 Å². The first-order chi connectivity index (χ1) is 8.99. The summed E-state index contributed by atoms with van der Waals surface area (Å²) in [6.45, 7) is 5.57. The highest BCUT2D eigenvalue weighted by Crippen LogP contribution is 2.30. The molecule has 0 unspecified atom stereocenters. The first kappa shape index (κ1) is 13.7. The lowest BCUT2D eigenvalue weighted by molar-refractivity contribution is -0.146. The average molecular weight is 265 g/mol. The van der Waals surface area contributed by atoms with Crippen molar-refractivity contribution >= 4 is 5.97 Å². The van der Waals surface area contributed by atoms with Crippen molar-refractivity contribution in [1.82, 2.24) is 5.32 Å². The Morgan fingerprint density at radius 2 is 2.00 bits per heavy atom. The highest BCUT2D eigenvalue weighted by Gasteiger charge is 2.26. The fourth-order valence-electron chi connectivity index (χ4n) is 1.79. The molecule has 19 heavy (non-hydrogen) atoms. The van der Waals surface area contributed by atoms with E-state index in [9.17, 15) is 4.79 Å². The van der Waals surface area contributed by atoms with Crippen molar-refractivity contribution in [3.05, 3.63) is 23.8 Å². The number of fused-ring (bicyclic) bond motifs is 1. The second kappa shape index (κ2) is 5.48. The fraction of sp³-hybridized carbons (Fsp3) is 0.500. The van der Waals surface area contributed by atoms with Gasteiger partial charge in [-0.25, -0.2) is 0 Å². The van der Waals surface area contributed by atoms with Crippen LogP contribution in [-0.2, 0) is 11.3 Å². The van der Waals surface area contributed by atoms with Crippen molar-refractivity contribution in [3.8, 4) is 11.5 Å². The van der Waals surface area contributed by atoms with Crippen LogP contribution in [0.25, 0.3) is 0 Å². The van der Waals surface area contributed by atoms with Gasteiger partial charge in [-0.1, -0.05) is 6.07 Å². The molecule has 1 aliphatic heterocycles. The molecular weight excluding hydrogens is 246 g/mol. The maximum atomic E-state index is 11.0. The maximum absolute atomic E-state index is 11.0. The van der Waals surface area contributed by atoms with Gasteiger partial charge in [0.05, 0.1) is 5.41 Å². The van der Waals surface area contributed by atoms with E-state index < -0.39 is 11.4 Å². The molecule has 2 N–H and O–H groups in total. The number of aliphatic carboxylic acids is 1. The van der Waals surface area contributed by atoms with Crippen LogP contribution in [0.4, 0.5) is 0 Å². The summed E-state index contributed by atoms with van der Waals surface area (Å²) in [7, 11) is 0. The predicted octanol–water partition coefficient (Wildman–Crippen LogP) is 1.66. The van der Waals surface area contributed by atoms with Crippen LogP contribution in [0.3, 0.4) is 0 Å². The monoisotopic (exact) mass is 265 g/mol. The SMILES string of the molecule is CC(C)(CNCc1ccc2c(c1)OCCO2)C(=O)O. The Hall–Kier alpha value is -1.75. The van der Waals surface area contributed by atoms with Crippen LogP contribution in [0.1, 0.15) is 19.4 Å². The standard InChI is InChI=1S/C14H19NO4/c1-14(2,13(16)17)9-15-8-10-3-4-11-12(7-10)19-6-5-18-11/h3-4,7,15H,5-6,8-9H2,1-2H3,(H,16,17). The zero-order chi connectivity index (χ0) is 13.9. The predicted molar refractivity (Wildman–Crippen MR) is 70.6 cm³/mol. The molecule has 1 heterocycles. The van der Waals surface area contributed by atoms with Gasteiger partial charge >= 0.3 is 5.97 Å². The van der Waals surface area contributed by atoms with Crippen LogP contribution in [0.2, 0.25) is 0 Å². The minimum Gasteiger partial charge on any atom is -0.486 e. The molecule has 0 amide bonds. The van der Waals surface area contributed by atoms with E-state index in [1.807, 2.05) is 18.2 Å². The molecule has 0 fully saturated rings. The van der Waals surface area contributed by atoms with Crippen molar-refractivity contribution in [2.24, 2.45) is 5.41 Å². The first-order valence-electron chi connectivity index (χ1n) is 6.32. The molecule has 0 bridgehead atoms. The Bertz CT molecular complexity index is 471. The topological polar surface area (TPSA) is 67.8 Å². The third-order valence-corrected chi connectivity index (χ3v) is 3.08. The van der Waals surface area contributed by atoms with Crippen LogP contribution >= 0.6 is 0 Å². The van der Waals surface area contributed by atoms with Gasteiger partial charge in [-0.3, -0.25) is 4.79 Å². The second-order valence-corrected chi connectivity index (χ2v) is 5.27. The van der Waals surface area contributed by atoms with Crippen LogP contribution in [0.5, 0.6) is 11.5 Å². The zero-order valence-electron chi connectivity index (χ0n) is 11.2. The summed E-state index contributed by atoms with van der Waals surface area (Å²) in [6.07, 6.45) is 0. The first-order valence-corrected chi connectivity index (χ1v) is 6.32. The molecule has 1 aliphatic rings. The van der Waals surface area contributed by atoms with E-state index in [1.54, 1.807) is 13.8 Å². The number of carboxylic acid groups (broad SMARTS) is 1. The third kappa shape index (κ3) is 3.38. The molecule has 104 valence electrons. The maximum Gasteiger partial charge on any atom is 0.310 e. The number of rotatable bonds is 5. The summed E-state index contributed by atoms with van der Waals surface area (Å²) in [4.78, 5) is 11.0. The van der Waals surface area contributed by atoms with E-state index in [-0.39, 0.29) is 0 Å². The third-order valence-electron chi connectivity index (χ3n) is 3.08. The van der Waals surface area contributed by atoms with E-state index >= 15 is 0 Å². The van der Waals surface area contributed by atoms with E-state index in [0.29, 0.717) is 26.3 Å². The van der Waals surface area contributed by atoms with E-state index in [4.69, 9.17) is 14.6 Å². The Balaban J connectivity index is 1.92. The molecule has 0 aromatic heterocycles.